The number of aryl methyl sites for hydroxylation is 1. The van der Waals surface area contributed by atoms with Crippen molar-refractivity contribution in [2.24, 2.45) is 0 Å². The molecule has 0 aromatic heterocycles. The standard InChI is InChI=1S/C23H31ClN2O4S/c1-6-20(26(31(5,28)29)21-15-18(24)12-11-17(21)4)23(27)25-13-14-30-22-10-8-7-9-19(22)16(2)3/h7-12,15-16,20H,6,13-14H2,1-5H3,(H,25,27). The second-order valence-electron chi connectivity index (χ2n) is 7.75. The van der Waals surface area contributed by atoms with Gasteiger partial charge in [-0.15, -0.1) is 0 Å². The van der Waals surface area contributed by atoms with Crippen LogP contribution in [-0.2, 0) is 14.8 Å². The Morgan fingerprint density at radius 3 is 2.48 bits per heavy atom. The van der Waals surface area contributed by atoms with Crippen molar-refractivity contribution < 1.29 is 17.9 Å². The van der Waals surface area contributed by atoms with E-state index in [1.54, 1.807) is 32.0 Å². The Morgan fingerprint density at radius 2 is 1.87 bits per heavy atom. The van der Waals surface area contributed by atoms with E-state index in [-0.39, 0.29) is 19.1 Å². The second kappa shape index (κ2) is 10.9. The Morgan fingerprint density at radius 1 is 1.19 bits per heavy atom. The van der Waals surface area contributed by atoms with Crippen molar-refractivity contribution in [3.05, 3.63) is 58.6 Å². The van der Waals surface area contributed by atoms with Crippen molar-refractivity contribution in [1.29, 1.82) is 0 Å². The summed E-state index contributed by atoms with van der Waals surface area (Å²) < 4.78 is 32.2. The number of sulfonamides is 1. The number of amides is 1. The maximum atomic E-state index is 12.9. The fourth-order valence-electron chi connectivity index (χ4n) is 3.40. The number of anilines is 1. The molecule has 0 saturated carbocycles. The average molecular weight is 467 g/mol. The molecule has 0 bridgehead atoms. The summed E-state index contributed by atoms with van der Waals surface area (Å²) in [5, 5.41) is 3.21. The molecule has 0 aliphatic heterocycles. The molecule has 0 heterocycles. The molecule has 170 valence electrons. The summed E-state index contributed by atoms with van der Waals surface area (Å²) in [5.74, 6) is 0.721. The molecule has 1 amide bonds. The Labute approximate surface area is 190 Å². The predicted octanol–water partition coefficient (Wildman–Crippen LogP) is 4.51. The summed E-state index contributed by atoms with van der Waals surface area (Å²) in [6.07, 6.45) is 1.40. The van der Waals surface area contributed by atoms with Gasteiger partial charge in [0.15, 0.2) is 0 Å². The molecule has 0 radical (unpaired) electrons. The summed E-state index contributed by atoms with van der Waals surface area (Å²) in [6.45, 7) is 8.28. The molecule has 0 saturated heterocycles. The first kappa shape index (κ1) is 25.0. The zero-order valence-electron chi connectivity index (χ0n) is 18.7. The van der Waals surface area contributed by atoms with Crippen molar-refractivity contribution in [1.82, 2.24) is 5.32 Å². The molecule has 2 aromatic carbocycles. The molecule has 6 nitrogen and oxygen atoms in total. The van der Waals surface area contributed by atoms with E-state index in [2.05, 4.69) is 19.2 Å². The molecule has 31 heavy (non-hydrogen) atoms. The molecule has 1 unspecified atom stereocenters. The van der Waals surface area contributed by atoms with E-state index in [1.165, 1.54) is 0 Å². The van der Waals surface area contributed by atoms with E-state index in [4.69, 9.17) is 16.3 Å². The number of nitrogens with zero attached hydrogens (tertiary/aromatic N) is 1. The van der Waals surface area contributed by atoms with Gasteiger partial charge in [-0.3, -0.25) is 9.10 Å². The van der Waals surface area contributed by atoms with Crippen LogP contribution in [0.25, 0.3) is 0 Å². The highest BCUT2D eigenvalue weighted by atomic mass is 35.5. The van der Waals surface area contributed by atoms with Gasteiger partial charge < -0.3 is 10.1 Å². The van der Waals surface area contributed by atoms with Gasteiger partial charge in [-0.25, -0.2) is 8.42 Å². The van der Waals surface area contributed by atoms with Crippen LogP contribution < -0.4 is 14.4 Å². The van der Waals surface area contributed by atoms with Gasteiger partial charge in [0, 0.05) is 5.02 Å². The Bertz CT molecular complexity index is 1010. The van der Waals surface area contributed by atoms with Crippen LogP contribution in [0.1, 0.15) is 44.2 Å². The lowest BCUT2D eigenvalue weighted by Crippen LogP contribution is -2.50. The maximum absolute atomic E-state index is 12.9. The number of benzene rings is 2. The number of hydrogen-bond donors (Lipinski definition) is 1. The Hall–Kier alpha value is -2.25. The van der Waals surface area contributed by atoms with Crippen molar-refractivity contribution in [2.75, 3.05) is 23.7 Å². The minimum Gasteiger partial charge on any atom is -0.491 e. The third kappa shape index (κ3) is 6.61. The van der Waals surface area contributed by atoms with Crippen molar-refractivity contribution >= 4 is 33.2 Å². The SMILES string of the molecule is CCC(C(=O)NCCOc1ccccc1C(C)C)N(c1cc(Cl)ccc1C)S(C)(=O)=O. The lowest BCUT2D eigenvalue weighted by atomic mass is 10.0. The smallest absolute Gasteiger partial charge is 0.244 e. The first-order chi connectivity index (χ1) is 14.6. The number of hydrogen-bond acceptors (Lipinski definition) is 4. The van der Waals surface area contributed by atoms with Crippen molar-refractivity contribution in [3.63, 3.8) is 0 Å². The quantitative estimate of drug-likeness (QED) is 0.522. The van der Waals surface area contributed by atoms with Crippen LogP contribution in [0.15, 0.2) is 42.5 Å². The number of halogens is 1. The highest BCUT2D eigenvalue weighted by Gasteiger charge is 2.32. The van der Waals surface area contributed by atoms with Gasteiger partial charge in [0.2, 0.25) is 15.9 Å². The normalized spacial score (nSPS) is 12.5. The minimum atomic E-state index is -3.72. The van der Waals surface area contributed by atoms with Crippen LogP contribution >= 0.6 is 11.6 Å². The lowest BCUT2D eigenvalue weighted by Gasteiger charge is -2.31. The van der Waals surface area contributed by atoms with Crippen LogP contribution in [0, 0.1) is 6.92 Å². The number of carbonyl (C=O) groups is 1. The monoisotopic (exact) mass is 466 g/mol. The van der Waals surface area contributed by atoms with Gasteiger partial charge in [-0.05, 0) is 48.6 Å². The van der Waals surface area contributed by atoms with Crippen LogP contribution in [0.4, 0.5) is 5.69 Å². The van der Waals surface area contributed by atoms with E-state index in [9.17, 15) is 13.2 Å². The molecule has 0 fully saturated rings. The number of nitrogens with one attached hydrogen (secondary N) is 1. The molecular formula is C23H31ClN2O4S. The topological polar surface area (TPSA) is 75.7 Å². The van der Waals surface area contributed by atoms with E-state index in [1.807, 2.05) is 24.3 Å². The van der Waals surface area contributed by atoms with Crippen molar-refractivity contribution in [3.8, 4) is 5.75 Å². The van der Waals surface area contributed by atoms with Gasteiger partial charge in [0.05, 0.1) is 18.5 Å². The van der Waals surface area contributed by atoms with Gasteiger partial charge in [0.1, 0.15) is 18.4 Å². The first-order valence-electron chi connectivity index (χ1n) is 10.3. The fourth-order valence-corrected chi connectivity index (χ4v) is 4.82. The Kier molecular flexibility index (Phi) is 8.77. The van der Waals surface area contributed by atoms with Gasteiger partial charge in [0.25, 0.3) is 0 Å². The van der Waals surface area contributed by atoms with E-state index >= 15 is 0 Å². The molecule has 2 aromatic rings. The Balaban J connectivity index is 2.12. The van der Waals surface area contributed by atoms with Gasteiger partial charge in [-0.2, -0.15) is 0 Å². The minimum absolute atomic E-state index is 0.258. The molecule has 0 aliphatic carbocycles. The third-order valence-corrected chi connectivity index (χ3v) is 6.34. The van der Waals surface area contributed by atoms with E-state index < -0.39 is 16.1 Å². The highest BCUT2D eigenvalue weighted by Crippen LogP contribution is 2.29. The van der Waals surface area contributed by atoms with E-state index in [0.29, 0.717) is 23.0 Å². The second-order valence-corrected chi connectivity index (χ2v) is 10.0. The zero-order valence-corrected chi connectivity index (χ0v) is 20.3. The molecule has 2 rings (SSSR count). The summed E-state index contributed by atoms with van der Waals surface area (Å²) >= 11 is 6.10. The number of rotatable bonds is 10. The lowest BCUT2D eigenvalue weighted by molar-refractivity contribution is -0.122. The van der Waals surface area contributed by atoms with Crippen LogP contribution in [0.5, 0.6) is 5.75 Å². The number of para-hydroxylation sites is 1. The summed E-state index contributed by atoms with van der Waals surface area (Å²) in [4.78, 5) is 12.9. The molecule has 1 atom stereocenters. The number of ether oxygens (including phenoxy) is 1. The molecule has 0 spiro atoms. The first-order valence-corrected chi connectivity index (χ1v) is 12.5. The summed E-state index contributed by atoms with van der Waals surface area (Å²) in [6, 6.07) is 11.9. The number of carbonyl (C=O) groups excluding carboxylic acids is 1. The average Bonchev–Trinajstić information content (AvgIpc) is 2.70. The molecular weight excluding hydrogens is 436 g/mol. The largest absolute Gasteiger partial charge is 0.491 e. The highest BCUT2D eigenvalue weighted by molar-refractivity contribution is 7.92. The molecule has 8 heteroatoms. The van der Waals surface area contributed by atoms with Gasteiger partial charge in [-0.1, -0.05) is 56.6 Å². The van der Waals surface area contributed by atoms with Crippen LogP contribution in [-0.4, -0.2) is 39.8 Å². The molecule has 0 aliphatic rings. The predicted molar refractivity (Wildman–Crippen MR) is 127 cm³/mol. The van der Waals surface area contributed by atoms with Crippen LogP contribution in [0.3, 0.4) is 0 Å². The molecule has 1 N–H and O–H groups in total. The maximum Gasteiger partial charge on any atom is 0.244 e. The van der Waals surface area contributed by atoms with Crippen molar-refractivity contribution in [2.45, 2.75) is 46.1 Å². The third-order valence-electron chi connectivity index (χ3n) is 4.94. The van der Waals surface area contributed by atoms with Crippen LogP contribution in [0.2, 0.25) is 5.02 Å². The fraction of sp³-hybridized carbons (Fsp3) is 0.435. The zero-order chi connectivity index (χ0) is 23.2. The van der Waals surface area contributed by atoms with E-state index in [0.717, 1.165) is 27.4 Å². The van der Waals surface area contributed by atoms with Gasteiger partial charge >= 0.3 is 0 Å². The summed E-state index contributed by atoms with van der Waals surface area (Å²) in [7, 11) is -3.72. The summed E-state index contributed by atoms with van der Waals surface area (Å²) in [5.41, 5.74) is 2.22.